The van der Waals surface area contributed by atoms with Crippen LogP contribution >= 0.6 is 0 Å². The van der Waals surface area contributed by atoms with Crippen LogP contribution in [0.15, 0.2) is 66.7 Å². The minimum atomic E-state index is -0.388. The molecule has 1 aromatic carbocycles. The average molecular weight is 330 g/mol. The third kappa shape index (κ3) is 3.50. The molecule has 3 heteroatoms. The van der Waals surface area contributed by atoms with Crippen molar-refractivity contribution in [2.75, 3.05) is 7.11 Å². The van der Waals surface area contributed by atoms with Gasteiger partial charge in [-0.2, -0.15) is 0 Å². The van der Waals surface area contributed by atoms with Gasteiger partial charge in [-0.3, -0.25) is 4.79 Å². The van der Waals surface area contributed by atoms with Crippen molar-refractivity contribution in [1.29, 1.82) is 0 Å². The fourth-order valence-corrected chi connectivity index (χ4v) is 2.74. The molecule has 0 N–H and O–H groups in total. The number of hydrogen-bond donors (Lipinski definition) is 0. The summed E-state index contributed by atoms with van der Waals surface area (Å²) in [6.45, 7) is 1.98. The number of allylic oxidation sites excluding steroid dienone is 1. The number of ether oxygens (including phenoxy) is 1. The molecule has 124 valence electrons. The van der Waals surface area contributed by atoms with Crippen molar-refractivity contribution in [1.82, 2.24) is 0 Å². The molecule has 0 amide bonds. The number of aryl methyl sites for hydroxylation is 1. The summed E-state index contributed by atoms with van der Waals surface area (Å²) in [5.74, 6) is -0.463. The smallest absolute Gasteiger partial charge is 0.338 e. The highest BCUT2D eigenvalue weighted by Gasteiger charge is 2.19. The molecule has 1 aromatic rings. The molecule has 0 aliphatic heterocycles. The lowest BCUT2D eigenvalue weighted by molar-refractivity contribution is 0.0602. The first-order chi connectivity index (χ1) is 12.1. The van der Waals surface area contributed by atoms with Crippen LogP contribution in [0.3, 0.4) is 0 Å². The minimum Gasteiger partial charge on any atom is -0.465 e. The summed E-state index contributed by atoms with van der Waals surface area (Å²) in [6.07, 6.45) is 3.28. The molecule has 0 saturated carbocycles. The van der Waals surface area contributed by atoms with Crippen LogP contribution in [-0.4, -0.2) is 18.9 Å². The third-order valence-corrected chi connectivity index (χ3v) is 4.09. The maximum Gasteiger partial charge on any atom is 0.338 e. The van der Waals surface area contributed by atoms with E-state index in [9.17, 15) is 9.59 Å². The van der Waals surface area contributed by atoms with Gasteiger partial charge in [0.1, 0.15) is 0 Å². The van der Waals surface area contributed by atoms with E-state index in [0.717, 1.165) is 22.3 Å². The van der Waals surface area contributed by atoms with Crippen molar-refractivity contribution < 1.29 is 14.3 Å². The Kier molecular flexibility index (Phi) is 4.75. The summed E-state index contributed by atoms with van der Waals surface area (Å²) < 4.78 is 4.86. The summed E-state index contributed by atoms with van der Waals surface area (Å²) in [5, 5.41) is 0. The van der Waals surface area contributed by atoms with Gasteiger partial charge in [-0.1, -0.05) is 66.2 Å². The molecule has 0 fully saturated rings. The van der Waals surface area contributed by atoms with Gasteiger partial charge >= 0.3 is 5.97 Å². The molecule has 0 atom stereocenters. The van der Waals surface area contributed by atoms with Gasteiger partial charge in [-0.05, 0) is 35.8 Å². The Balaban J connectivity index is 1.97. The number of fused-ring (bicyclic) bond motifs is 1. The van der Waals surface area contributed by atoms with Crippen molar-refractivity contribution in [3.05, 3.63) is 89.0 Å². The molecule has 0 bridgehead atoms. The predicted molar refractivity (Wildman–Crippen MR) is 98.9 cm³/mol. The zero-order valence-electron chi connectivity index (χ0n) is 14.2. The standard InChI is InChI=1S/C22H18O3/c1-15-8-10-16(11-9-15)21(23)13-12-17-14-20(22(24)25-2)19-7-5-3-4-6-18(17)19/h3-14H,1-2H3/b13-12+. The van der Waals surface area contributed by atoms with E-state index in [0.29, 0.717) is 11.1 Å². The molecule has 0 aromatic heterocycles. The van der Waals surface area contributed by atoms with Crippen LogP contribution in [0, 0.1) is 6.92 Å². The molecule has 25 heavy (non-hydrogen) atoms. The first-order valence-corrected chi connectivity index (χ1v) is 7.99. The van der Waals surface area contributed by atoms with Crippen molar-refractivity contribution in [2.45, 2.75) is 6.92 Å². The van der Waals surface area contributed by atoms with Crippen molar-refractivity contribution >= 4 is 17.8 Å². The Hall–Kier alpha value is -3.20. The zero-order valence-corrected chi connectivity index (χ0v) is 14.2. The molecule has 2 aliphatic carbocycles. The quantitative estimate of drug-likeness (QED) is 0.393. The molecule has 0 unspecified atom stereocenters. The Bertz CT molecular complexity index is 920. The largest absolute Gasteiger partial charge is 0.465 e. The summed E-state index contributed by atoms with van der Waals surface area (Å²) >= 11 is 0. The van der Waals surface area contributed by atoms with Gasteiger partial charge in [0.15, 0.2) is 5.78 Å². The maximum absolute atomic E-state index is 12.3. The molecular formula is C22H18O3. The Morgan fingerprint density at radius 2 is 1.60 bits per heavy atom. The van der Waals surface area contributed by atoms with Crippen LogP contribution in [0.25, 0.3) is 17.2 Å². The second kappa shape index (κ2) is 7.14. The number of hydrogen-bond acceptors (Lipinski definition) is 3. The Morgan fingerprint density at radius 3 is 2.28 bits per heavy atom. The molecule has 0 spiro atoms. The topological polar surface area (TPSA) is 43.4 Å². The van der Waals surface area contributed by atoms with E-state index in [4.69, 9.17) is 4.74 Å². The molecule has 3 nitrogen and oxygen atoms in total. The lowest BCUT2D eigenvalue weighted by atomic mass is 10.1. The van der Waals surface area contributed by atoms with Crippen LogP contribution in [0.5, 0.6) is 0 Å². The van der Waals surface area contributed by atoms with Crippen molar-refractivity contribution in [3.8, 4) is 11.1 Å². The van der Waals surface area contributed by atoms with E-state index < -0.39 is 0 Å². The van der Waals surface area contributed by atoms with Gasteiger partial charge < -0.3 is 4.74 Å². The van der Waals surface area contributed by atoms with Gasteiger partial charge in [0.2, 0.25) is 0 Å². The van der Waals surface area contributed by atoms with E-state index in [2.05, 4.69) is 0 Å². The van der Waals surface area contributed by atoms with Crippen LogP contribution < -0.4 is 0 Å². The number of carbonyl (C=O) groups is 2. The Morgan fingerprint density at radius 1 is 0.920 bits per heavy atom. The molecule has 2 aliphatic rings. The van der Waals surface area contributed by atoms with Crippen LogP contribution in [0.2, 0.25) is 0 Å². The predicted octanol–water partition coefficient (Wildman–Crippen LogP) is 4.78. The van der Waals surface area contributed by atoms with E-state index in [1.54, 1.807) is 12.1 Å². The van der Waals surface area contributed by atoms with Crippen molar-refractivity contribution in [2.24, 2.45) is 0 Å². The SMILES string of the molecule is COC(=O)c1cc(/C=C/C(=O)c2ccc(C)cc2)c2cccccc1-2. The van der Waals surface area contributed by atoms with E-state index in [-0.39, 0.29) is 11.8 Å². The molecule has 0 radical (unpaired) electrons. The van der Waals surface area contributed by atoms with Gasteiger partial charge in [0, 0.05) is 5.56 Å². The fourth-order valence-electron chi connectivity index (χ4n) is 2.74. The fraction of sp³-hybridized carbons (Fsp3) is 0.0909. The second-order valence-corrected chi connectivity index (χ2v) is 5.81. The summed E-state index contributed by atoms with van der Waals surface area (Å²) in [4.78, 5) is 24.4. The van der Waals surface area contributed by atoms with Crippen LogP contribution in [0.1, 0.15) is 31.8 Å². The first kappa shape index (κ1) is 16.7. The van der Waals surface area contributed by atoms with E-state index in [1.807, 2.05) is 61.5 Å². The van der Waals surface area contributed by atoms with E-state index in [1.165, 1.54) is 13.2 Å². The molecule has 3 rings (SSSR count). The van der Waals surface area contributed by atoms with Crippen LogP contribution in [-0.2, 0) is 4.74 Å². The number of esters is 1. The number of benzene rings is 1. The Labute approximate surface area is 146 Å². The van der Waals surface area contributed by atoms with E-state index >= 15 is 0 Å². The monoisotopic (exact) mass is 330 g/mol. The zero-order chi connectivity index (χ0) is 17.8. The number of carbonyl (C=O) groups excluding carboxylic acids is 2. The minimum absolute atomic E-state index is 0.0747. The molecule has 0 heterocycles. The molecular weight excluding hydrogens is 312 g/mol. The van der Waals surface area contributed by atoms with Gasteiger partial charge in [-0.25, -0.2) is 4.79 Å². The third-order valence-electron chi connectivity index (χ3n) is 4.09. The lowest BCUT2D eigenvalue weighted by Gasteiger charge is -1.99. The lowest BCUT2D eigenvalue weighted by Crippen LogP contribution is -1.99. The van der Waals surface area contributed by atoms with Gasteiger partial charge in [0.05, 0.1) is 12.7 Å². The summed E-state index contributed by atoms with van der Waals surface area (Å²) in [5.41, 5.74) is 4.76. The average Bonchev–Trinajstić information content (AvgIpc) is 2.80. The second-order valence-electron chi connectivity index (χ2n) is 5.81. The first-order valence-electron chi connectivity index (χ1n) is 7.99. The summed E-state index contributed by atoms with van der Waals surface area (Å²) in [7, 11) is 1.36. The molecule has 0 saturated heterocycles. The highest BCUT2D eigenvalue weighted by Crippen LogP contribution is 2.33. The normalized spacial score (nSPS) is 11.0. The summed E-state index contributed by atoms with van der Waals surface area (Å²) in [6, 6.07) is 18.7. The maximum atomic E-state index is 12.3. The van der Waals surface area contributed by atoms with Crippen LogP contribution in [0.4, 0.5) is 0 Å². The highest BCUT2D eigenvalue weighted by molar-refractivity contribution is 6.08. The van der Waals surface area contributed by atoms with Gasteiger partial charge in [-0.15, -0.1) is 0 Å². The number of rotatable bonds is 4. The highest BCUT2D eigenvalue weighted by atomic mass is 16.5. The number of methoxy groups -OCH3 is 1. The van der Waals surface area contributed by atoms with Crippen molar-refractivity contribution in [3.63, 3.8) is 0 Å². The number of ketones is 1. The van der Waals surface area contributed by atoms with Gasteiger partial charge in [0.25, 0.3) is 0 Å².